The number of alkyl halides is 1. The molecule has 0 radical (unpaired) electrons. The zero-order valence-electron chi connectivity index (χ0n) is 14.7. The van der Waals surface area contributed by atoms with Crippen molar-refractivity contribution in [2.24, 2.45) is 0 Å². The summed E-state index contributed by atoms with van der Waals surface area (Å²) in [4.78, 5) is 0. The largest absolute Gasteiger partial charge is 4.00 e. The minimum atomic E-state index is -1.13. The molecule has 2 atom stereocenters. The summed E-state index contributed by atoms with van der Waals surface area (Å²) >= 11 is 6.29. The maximum atomic E-state index is 6.29. The van der Waals surface area contributed by atoms with E-state index in [0.29, 0.717) is 5.38 Å². The fourth-order valence-corrected chi connectivity index (χ4v) is 6.80. The molecular weight excluding hydrogens is 452 g/mol. The fraction of sp³-hybridized carbons (Fsp3) is 0.929. The number of hydrogen-bond acceptors (Lipinski definition) is 0. The van der Waals surface area contributed by atoms with Crippen LogP contribution in [0.3, 0.4) is 0 Å². The van der Waals surface area contributed by atoms with Crippen molar-refractivity contribution in [3.63, 3.8) is 0 Å². The second-order valence-corrected chi connectivity index (χ2v) is 11.0. The van der Waals surface area contributed by atoms with E-state index in [-0.39, 0.29) is 33.3 Å². The Morgan fingerprint density at radius 2 is 1.40 bits per heavy atom. The molecule has 0 aromatic rings. The first kappa shape index (κ1) is 29.3. The first-order valence-corrected chi connectivity index (χ1v) is 10.3. The van der Waals surface area contributed by atoms with Crippen molar-refractivity contribution in [1.82, 2.24) is 0 Å². The summed E-state index contributed by atoms with van der Waals surface area (Å²) in [5.41, 5.74) is 0.808. The maximum absolute atomic E-state index is 6.29. The van der Waals surface area contributed by atoms with Crippen LogP contribution >= 0.6 is 11.6 Å². The van der Waals surface area contributed by atoms with Crippen molar-refractivity contribution in [3.8, 4) is 0 Å². The second-order valence-electron chi connectivity index (χ2n) is 5.41. The Labute approximate surface area is 153 Å². The predicted octanol–water partition coefficient (Wildman–Crippen LogP) is 5.09. The van der Waals surface area contributed by atoms with E-state index in [2.05, 4.69) is 29.0 Å². The normalized spacial score (nSPS) is 20.4. The SMILES string of the molecule is C[N-]C.C[N-]C.C[N-]C[Si](C)(C)C1CCCC1Cl.[CH3-].[Hf+4]. The summed E-state index contributed by atoms with van der Waals surface area (Å²) in [5.74, 6) is 0. The van der Waals surface area contributed by atoms with Crippen LogP contribution in [0.1, 0.15) is 19.3 Å². The van der Waals surface area contributed by atoms with E-state index in [1.54, 1.807) is 28.2 Å². The quantitative estimate of drug-likeness (QED) is 0.303. The summed E-state index contributed by atoms with van der Waals surface area (Å²) in [6.07, 6.45) is 5.00. The van der Waals surface area contributed by atoms with Crippen LogP contribution < -0.4 is 0 Å². The topological polar surface area (TPSA) is 42.3 Å². The van der Waals surface area contributed by atoms with Gasteiger partial charge in [-0.2, -0.15) is 41.4 Å². The molecule has 0 amide bonds. The number of nitrogens with zero attached hydrogens (tertiary/aromatic N) is 3. The third-order valence-corrected chi connectivity index (χ3v) is 7.56. The van der Waals surface area contributed by atoms with Gasteiger partial charge in [-0.1, -0.05) is 25.9 Å². The van der Waals surface area contributed by atoms with Gasteiger partial charge in [-0.15, -0.1) is 11.6 Å². The minimum Gasteiger partial charge on any atom is -0.668 e. The van der Waals surface area contributed by atoms with Crippen molar-refractivity contribution in [3.05, 3.63) is 23.4 Å². The summed E-state index contributed by atoms with van der Waals surface area (Å²) in [6, 6.07) is 0. The molecule has 6 heteroatoms. The van der Waals surface area contributed by atoms with Gasteiger partial charge in [0.1, 0.15) is 0 Å². The van der Waals surface area contributed by atoms with E-state index in [1.165, 1.54) is 19.3 Å². The van der Waals surface area contributed by atoms with Crippen LogP contribution in [0.15, 0.2) is 0 Å². The molecule has 2 unspecified atom stereocenters. The average molecular weight is 486 g/mol. The van der Waals surface area contributed by atoms with Crippen LogP contribution in [0, 0.1) is 7.43 Å². The van der Waals surface area contributed by atoms with Gasteiger partial charge in [-0.25, -0.2) is 0 Å². The van der Waals surface area contributed by atoms with Gasteiger partial charge in [-0.3, -0.25) is 0 Å². The Kier molecular flexibility index (Phi) is 26.8. The van der Waals surface area contributed by atoms with Gasteiger partial charge in [0, 0.05) is 13.5 Å². The number of hydrogen-bond donors (Lipinski definition) is 0. The molecule has 1 fully saturated rings. The molecule has 0 aromatic heterocycles. The molecule has 0 heterocycles. The molecule has 0 bridgehead atoms. The monoisotopic (exact) mass is 487 g/mol. The van der Waals surface area contributed by atoms with Crippen molar-refractivity contribution in [1.29, 1.82) is 0 Å². The standard InChI is InChI=1S/C9H19ClNSi.2C2H6N.CH3.Hf/c1-11-7-12(2,3)9-6-4-5-8(9)10;2*1-3-2;;/h8-9H,4-7H2,1-3H3;2*1-2H3;1H3;/q4*-1;+4. The molecule has 20 heavy (non-hydrogen) atoms. The maximum Gasteiger partial charge on any atom is 4.00 e. The van der Waals surface area contributed by atoms with Crippen LogP contribution in [-0.4, -0.2) is 54.9 Å². The molecule has 1 aliphatic carbocycles. The number of rotatable bonds is 3. The molecular formula is C14H34ClHfN3Si. The van der Waals surface area contributed by atoms with Crippen molar-refractivity contribution >= 4 is 19.7 Å². The Hall–Kier alpha value is 1.26. The average Bonchev–Trinajstić information content (AvgIpc) is 2.67. The molecule has 0 aromatic carbocycles. The van der Waals surface area contributed by atoms with E-state index in [0.717, 1.165) is 11.7 Å². The van der Waals surface area contributed by atoms with Gasteiger partial charge < -0.3 is 23.4 Å². The molecule has 120 valence electrons. The summed E-state index contributed by atoms with van der Waals surface area (Å²) < 4.78 is 0. The van der Waals surface area contributed by atoms with Gasteiger partial charge >= 0.3 is 25.8 Å². The molecule has 1 rings (SSSR count). The molecule has 1 aliphatic rings. The molecule has 3 nitrogen and oxygen atoms in total. The Balaban J connectivity index is -0.000000139. The van der Waals surface area contributed by atoms with Gasteiger partial charge in [0.2, 0.25) is 0 Å². The zero-order chi connectivity index (χ0) is 14.6. The van der Waals surface area contributed by atoms with E-state index < -0.39 is 8.07 Å². The van der Waals surface area contributed by atoms with Gasteiger partial charge in [0.25, 0.3) is 0 Å². The smallest absolute Gasteiger partial charge is 0.668 e. The van der Waals surface area contributed by atoms with Crippen LogP contribution in [0.2, 0.25) is 18.6 Å². The van der Waals surface area contributed by atoms with E-state index in [1.807, 2.05) is 7.05 Å². The van der Waals surface area contributed by atoms with Gasteiger partial charge in [-0.05, 0) is 12.0 Å². The fourth-order valence-electron chi connectivity index (χ4n) is 2.32. The third-order valence-electron chi connectivity index (χ3n) is 3.00. The molecule has 0 saturated heterocycles. The van der Waals surface area contributed by atoms with E-state index in [4.69, 9.17) is 11.6 Å². The molecule has 0 N–H and O–H groups in total. The third kappa shape index (κ3) is 14.2. The van der Waals surface area contributed by atoms with Crippen molar-refractivity contribution in [2.75, 3.05) is 41.4 Å². The minimum absolute atomic E-state index is 0. The van der Waals surface area contributed by atoms with E-state index >= 15 is 0 Å². The summed E-state index contributed by atoms with van der Waals surface area (Å²) in [7, 11) is 7.79. The first-order chi connectivity index (χ1) is 8.40. The Bertz CT molecular complexity index is 184. The predicted molar refractivity (Wildman–Crippen MR) is 95.7 cm³/mol. The van der Waals surface area contributed by atoms with E-state index in [9.17, 15) is 0 Å². The zero-order valence-corrected chi connectivity index (χ0v) is 20.1. The Morgan fingerprint density at radius 1 is 1.00 bits per heavy atom. The van der Waals surface area contributed by atoms with Crippen LogP contribution in [-0.2, 0) is 25.8 Å². The van der Waals surface area contributed by atoms with Gasteiger partial charge in [0.05, 0.1) is 0 Å². The summed E-state index contributed by atoms with van der Waals surface area (Å²) in [5, 5.41) is 11.7. The molecule has 0 spiro atoms. The van der Waals surface area contributed by atoms with Crippen molar-refractivity contribution < 1.29 is 25.8 Å². The molecule has 0 aliphatic heterocycles. The van der Waals surface area contributed by atoms with Crippen LogP contribution in [0.4, 0.5) is 0 Å². The van der Waals surface area contributed by atoms with Crippen molar-refractivity contribution in [2.45, 2.75) is 43.3 Å². The van der Waals surface area contributed by atoms with Gasteiger partial charge in [0.15, 0.2) is 0 Å². The summed E-state index contributed by atoms with van der Waals surface area (Å²) in [6.45, 7) is 4.84. The number of halogens is 1. The molecule has 1 saturated carbocycles. The van der Waals surface area contributed by atoms with Crippen LogP contribution in [0.5, 0.6) is 0 Å². The Morgan fingerprint density at radius 3 is 1.65 bits per heavy atom. The van der Waals surface area contributed by atoms with Crippen LogP contribution in [0.25, 0.3) is 16.0 Å². The first-order valence-electron chi connectivity index (χ1n) is 6.56. The second kappa shape index (κ2) is 18.3.